The minimum absolute atomic E-state index is 0.759. The summed E-state index contributed by atoms with van der Waals surface area (Å²) in [6.07, 6.45) is 15.5. The van der Waals surface area contributed by atoms with Crippen molar-refractivity contribution in [3.05, 3.63) is 0 Å². The summed E-state index contributed by atoms with van der Waals surface area (Å²) in [6.45, 7) is 2.64. The molecule has 2 bridgehead atoms. The van der Waals surface area contributed by atoms with Crippen LogP contribution in [0.25, 0.3) is 0 Å². The van der Waals surface area contributed by atoms with Crippen LogP contribution in [0.15, 0.2) is 0 Å². The van der Waals surface area contributed by atoms with Crippen LogP contribution in [0.3, 0.4) is 0 Å². The van der Waals surface area contributed by atoms with Gasteiger partial charge < -0.3 is 0 Å². The van der Waals surface area contributed by atoms with Gasteiger partial charge in [0.25, 0.3) is 0 Å². The second kappa shape index (κ2) is 3.79. The highest BCUT2D eigenvalue weighted by molar-refractivity contribution is 4.97. The third-order valence-electron chi connectivity index (χ3n) is 5.87. The van der Waals surface area contributed by atoms with E-state index in [1.807, 2.05) is 0 Å². The smallest absolute Gasteiger partial charge is 0.0269 e. The molecular weight excluding hydrogens is 180 g/mol. The van der Waals surface area contributed by atoms with Gasteiger partial charge in [0.05, 0.1) is 0 Å². The number of rotatable bonds is 1. The summed E-state index contributed by atoms with van der Waals surface area (Å²) in [7, 11) is 0. The van der Waals surface area contributed by atoms with Gasteiger partial charge in [-0.1, -0.05) is 39.0 Å². The van der Waals surface area contributed by atoms with Crippen molar-refractivity contribution in [3.63, 3.8) is 0 Å². The molecule has 0 aromatic heterocycles. The second-order valence-corrected chi connectivity index (χ2v) is 6.74. The zero-order valence-corrected chi connectivity index (χ0v) is 10.3. The molecular formula is C15H26. The van der Waals surface area contributed by atoms with Gasteiger partial charge >= 0.3 is 0 Å². The van der Waals surface area contributed by atoms with Crippen molar-refractivity contribution < 1.29 is 0 Å². The first-order valence-electron chi connectivity index (χ1n) is 7.29. The molecule has 0 heteroatoms. The molecule has 1 atom stereocenters. The molecule has 0 aromatic carbocycles. The number of hydrogen-bond acceptors (Lipinski definition) is 0. The Morgan fingerprint density at radius 3 is 1.93 bits per heavy atom. The lowest BCUT2D eigenvalue weighted by molar-refractivity contribution is 0.0894. The quantitative estimate of drug-likeness (QED) is 0.579. The molecule has 4 fully saturated rings. The van der Waals surface area contributed by atoms with E-state index in [4.69, 9.17) is 0 Å². The Morgan fingerprint density at radius 2 is 1.33 bits per heavy atom. The van der Waals surface area contributed by atoms with Crippen molar-refractivity contribution in [1.82, 2.24) is 0 Å². The van der Waals surface area contributed by atoms with Crippen LogP contribution in [0.2, 0.25) is 0 Å². The Kier molecular flexibility index (Phi) is 2.57. The lowest BCUT2D eigenvalue weighted by Crippen LogP contribution is -2.32. The van der Waals surface area contributed by atoms with E-state index in [9.17, 15) is 0 Å². The molecule has 86 valence electrons. The molecule has 0 saturated heterocycles. The Balaban J connectivity index is 1.79. The summed E-state index contributed by atoms with van der Waals surface area (Å²) in [4.78, 5) is 0. The van der Waals surface area contributed by atoms with Gasteiger partial charge in [-0.05, 0) is 55.3 Å². The molecule has 0 radical (unpaired) electrons. The molecule has 0 N–H and O–H groups in total. The molecule has 0 nitrogen and oxygen atoms in total. The van der Waals surface area contributed by atoms with Gasteiger partial charge in [-0.2, -0.15) is 0 Å². The highest BCUT2D eigenvalue weighted by Gasteiger charge is 2.47. The third kappa shape index (κ3) is 1.85. The van der Waals surface area contributed by atoms with Gasteiger partial charge in [0.15, 0.2) is 0 Å². The highest BCUT2D eigenvalue weighted by Crippen LogP contribution is 2.57. The Labute approximate surface area is 94.8 Å². The summed E-state index contributed by atoms with van der Waals surface area (Å²) >= 11 is 0. The first-order chi connectivity index (χ1) is 7.29. The molecule has 0 heterocycles. The topological polar surface area (TPSA) is 0 Å². The van der Waals surface area contributed by atoms with Crippen molar-refractivity contribution in [3.8, 4) is 0 Å². The van der Waals surface area contributed by atoms with E-state index < -0.39 is 0 Å². The monoisotopic (exact) mass is 206 g/mol. The summed E-state index contributed by atoms with van der Waals surface area (Å²) in [6, 6.07) is 0. The van der Waals surface area contributed by atoms with Crippen molar-refractivity contribution >= 4 is 0 Å². The van der Waals surface area contributed by atoms with Crippen molar-refractivity contribution in [2.45, 2.75) is 71.1 Å². The maximum Gasteiger partial charge on any atom is -0.0269 e. The predicted molar refractivity (Wildman–Crippen MR) is 64.7 cm³/mol. The van der Waals surface area contributed by atoms with Gasteiger partial charge in [-0.25, -0.2) is 0 Å². The van der Waals surface area contributed by atoms with E-state index in [0.29, 0.717) is 0 Å². The van der Waals surface area contributed by atoms with Crippen LogP contribution in [0.4, 0.5) is 0 Å². The SMILES string of the molecule is C[C@@]1(C2CC2)CCCCC2CCC1CC2. The maximum absolute atomic E-state index is 2.64. The van der Waals surface area contributed by atoms with Gasteiger partial charge in [-0.3, -0.25) is 0 Å². The molecule has 4 rings (SSSR count). The molecule has 4 aliphatic rings. The van der Waals surface area contributed by atoms with Crippen LogP contribution < -0.4 is 0 Å². The predicted octanol–water partition coefficient (Wildman–Crippen LogP) is 4.78. The van der Waals surface area contributed by atoms with E-state index >= 15 is 0 Å². The first-order valence-corrected chi connectivity index (χ1v) is 7.29. The Morgan fingerprint density at radius 1 is 0.733 bits per heavy atom. The lowest BCUT2D eigenvalue weighted by atomic mass is 9.64. The molecule has 4 saturated carbocycles. The van der Waals surface area contributed by atoms with Gasteiger partial charge in [0.2, 0.25) is 0 Å². The minimum Gasteiger partial charge on any atom is -0.0591 e. The highest BCUT2D eigenvalue weighted by atomic mass is 14.5. The second-order valence-electron chi connectivity index (χ2n) is 6.74. The van der Waals surface area contributed by atoms with Crippen LogP contribution in [0.1, 0.15) is 71.1 Å². The first kappa shape index (κ1) is 10.2. The standard InChI is InChI=1S/C15H26/c1-15(14-9-10-14)11-3-2-4-12-5-7-13(15)8-6-12/h12-14H,2-11H2,1H3/t12?,13?,15-/m1/s1. The van der Waals surface area contributed by atoms with Crippen LogP contribution in [-0.2, 0) is 0 Å². The van der Waals surface area contributed by atoms with Crippen LogP contribution in [0.5, 0.6) is 0 Å². The largest absolute Gasteiger partial charge is 0.0591 e. The molecule has 4 aliphatic carbocycles. The summed E-state index contributed by atoms with van der Waals surface area (Å²) in [5.74, 6) is 3.33. The molecule has 0 amide bonds. The average Bonchev–Trinajstić information content (AvgIpc) is 3.08. The van der Waals surface area contributed by atoms with Crippen molar-refractivity contribution in [2.24, 2.45) is 23.2 Å². The number of fused-ring (bicyclic) bond motifs is 6. The molecule has 0 unspecified atom stereocenters. The van der Waals surface area contributed by atoms with E-state index in [1.165, 1.54) is 12.8 Å². The zero-order chi connectivity index (χ0) is 10.3. The van der Waals surface area contributed by atoms with E-state index in [-0.39, 0.29) is 0 Å². The Bertz CT molecular complexity index is 220. The van der Waals surface area contributed by atoms with Gasteiger partial charge in [0, 0.05) is 0 Å². The van der Waals surface area contributed by atoms with Crippen molar-refractivity contribution in [1.29, 1.82) is 0 Å². The van der Waals surface area contributed by atoms with Crippen LogP contribution in [0, 0.1) is 23.2 Å². The lowest BCUT2D eigenvalue weighted by Gasteiger charge is -2.41. The normalized spacial score (nSPS) is 47.0. The summed E-state index contributed by atoms with van der Waals surface area (Å²) in [5, 5.41) is 0. The van der Waals surface area contributed by atoms with Crippen LogP contribution >= 0.6 is 0 Å². The molecule has 0 aromatic rings. The van der Waals surface area contributed by atoms with Crippen LogP contribution in [-0.4, -0.2) is 0 Å². The van der Waals surface area contributed by atoms with Crippen molar-refractivity contribution in [2.75, 3.05) is 0 Å². The fraction of sp³-hybridized carbons (Fsp3) is 1.00. The fourth-order valence-electron chi connectivity index (χ4n) is 4.53. The average molecular weight is 206 g/mol. The molecule has 15 heavy (non-hydrogen) atoms. The molecule has 0 spiro atoms. The van der Waals surface area contributed by atoms with Gasteiger partial charge in [0.1, 0.15) is 0 Å². The van der Waals surface area contributed by atoms with E-state index in [2.05, 4.69) is 6.92 Å². The van der Waals surface area contributed by atoms with E-state index in [0.717, 1.165) is 23.2 Å². The van der Waals surface area contributed by atoms with E-state index in [1.54, 1.807) is 51.4 Å². The Hall–Kier alpha value is 0. The minimum atomic E-state index is 0.759. The summed E-state index contributed by atoms with van der Waals surface area (Å²) < 4.78 is 0. The summed E-state index contributed by atoms with van der Waals surface area (Å²) in [5.41, 5.74) is 0.759. The third-order valence-corrected chi connectivity index (χ3v) is 5.87. The molecule has 0 aliphatic heterocycles. The maximum atomic E-state index is 2.64. The fourth-order valence-corrected chi connectivity index (χ4v) is 4.53. The zero-order valence-electron chi connectivity index (χ0n) is 10.3. The van der Waals surface area contributed by atoms with Gasteiger partial charge in [-0.15, -0.1) is 0 Å². The number of hydrogen-bond donors (Lipinski definition) is 0.